The molecule has 100 valence electrons. The van der Waals surface area contributed by atoms with E-state index in [1.165, 1.54) is 19.4 Å². The van der Waals surface area contributed by atoms with Crippen LogP contribution >= 0.6 is 0 Å². The molecular formula is C13H23N5. The second-order valence-corrected chi connectivity index (χ2v) is 4.70. The smallest absolute Gasteiger partial charge is 0.131 e. The summed E-state index contributed by atoms with van der Waals surface area (Å²) in [5.74, 6) is 1.81. The Morgan fingerprint density at radius 1 is 1.33 bits per heavy atom. The number of rotatable bonds is 5. The van der Waals surface area contributed by atoms with Crippen molar-refractivity contribution in [2.45, 2.75) is 32.7 Å². The number of aromatic nitrogens is 2. The molecule has 1 aliphatic heterocycles. The topological polar surface area (TPSA) is 53.1 Å². The summed E-state index contributed by atoms with van der Waals surface area (Å²) in [5.41, 5.74) is 0. The average molecular weight is 249 g/mol. The first-order chi connectivity index (χ1) is 8.81. The fourth-order valence-electron chi connectivity index (χ4n) is 2.38. The SMILES string of the molecule is CCNc1cc(NC2CCCN(CC)C2)ncn1. The van der Waals surface area contributed by atoms with E-state index in [1.807, 2.05) is 6.07 Å². The molecule has 1 unspecified atom stereocenters. The number of nitrogens with one attached hydrogen (secondary N) is 2. The first-order valence-electron chi connectivity index (χ1n) is 6.86. The summed E-state index contributed by atoms with van der Waals surface area (Å²) in [4.78, 5) is 10.9. The number of likely N-dealkylation sites (N-methyl/N-ethyl adjacent to an activating group) is 1. The van der Waals surface area contributed by atoms with Crippen molar-refractivity contribution in [1.29, 1.82) is 0 Å². The maximum absolute atomic E-state index is 4.29. The van der Waals surface area contributed by atoms with E-state index in [9.17, 15) is 0 Å². The minimum Gasteiger partial charge on any atom is -0.370 e. The normalized spacial score (nSPS) is 20.7. The highest BCUT2D eigenvalue weighted by molar-refractivity contribution is 5.46. The van der Waals surface area contributed by atoms with E-state index in [2.05, 4.69) is 39.3 Å². The lowest BCUT2D eigenvalue weighted by molar-refractivity contribution is 0.226. The van der Waals surface area contributed by atoms with Crippen LogP contribution in [0.15, 0.2) is 12.4 Å². The van der Waals surface area contributed by atoms with Gasteiger partial charge in [0.1, 0.15) is 18.0 Å². The van der Waals surface area contributed by atoms with Gasteiger partial charge < -0.3 is 15.5 Å². The van der Waals surface area contributed by atoms with Crippen molar-refractivity contribution in [2.75, 3.05) is 36.8 Å². The highest BCUT2D eigenvalue weighted by atomic mass is 15.2. The van der Waals surface area contributed by atoms with Crippen LogP contribution in [0.4, 0.5) is 11.6 Å². The first-order valence-corrected chi connectivity index (χ1v) is 6.86. The molecule has 0 aliphatic carbocycles. The second-order valence-electron chi connectivity index (χ2n) is 4.70. The van der Waals surface area contributed by atoms with Crippen LogP contribution < -0.4 is 10.6 Å². The van der Waals surface area contributed by atoms with E-state index in [0.717, 1.165) is 31.3 Å². The molecule has 2 heterocycles. The van der Waals surface area contributed by atoms with Crippen LogP contribution in [0.2, 0.25) is 0 Å². The highest BCUT2D eigenvalue weighted by Crippen LogP contribution is 2.15. The summed E-state index contributed by atoms with van der Waals surface area (Å²) >= 11 is 0. The van der Waals surface area contributed by atoms with Gasteiger partial charge in [-0.3, -0.25) is 0 Å². The van der Waals surface area contributed by atoms with Crippen LogP contribution in [0.25, 0.3) is 0 Å². The molecule has 0 radical (unpaired) electrons. The summed E-state index contributed by atoms with van der Waals surface area (Å²) in [6.07, 6.45) is 4.09. The Hall–Kier alpha value is -1.36. The van der Waals surface area contributed by atoms with Crippen molar-refractivity contribution in [1.82, 2.24) is 14.9 Å². The van der Waals surface area contributed by atoms with Crippen LogP contribution in [0.5, 0.6) is 0 Å². The zero-order valence-corrected chi connectivity index (χ0v) is 11.3. The molecule has 18 heavy (non-hydrogen) atoms. The fraction of sp³-hybridized carbons (Fsp3) is 0.692. The maximum atomic E-state index is 4.29. The lowest BCUT2D eigenvalue weighted by atomic mass is 10.1. The molecular weight excluding hydrogens is 226 g/mol. The van der Waals surface area contributed by atoms with Crippen molar-refractivity contribution in [2.24, 2.45) is 0 Å². The molecule has 1 atom stereocenters. The van der Waals surface area contributed by atoms with Crippen LogP contribution in [0, 0.1) is 0 Å². The summed E-state index contributed by atoms with van der Waals surface area (Å²) in [6.45, 7) is 8.62. The molecule has 0 bridgehead atoms. The van der Waals surface area contributed by atoms with E-state index in [-0.39, 0.29) is 0 Å². The molecule has 5 nitrogen and oxygen atoms in total. The highest BCUT2D eigenvalue weighted by Gasteiger charge is 2.18. The van der Waals surface area contributed by atoms with Gasteiger partial charge in [0.15, 0.2) is 0 Å². The van der Waals surface area contributed by atoms with Gasteiger partial charge in [-0.15, -0.1) is 0 Å². The molecule has 1 aromatic rings. The molecule has 2 rings (SSSR count). The molecule has 1 saturated heterocycles. The molecule has 0 saturated carbocycles. The number of piperidine rings is 1. The largest absolute Gasteiger partial charge is 0.370 e. The number of nitrogens with zero attached hydrogens (tertiary/aromatic N) is 3. The standard InChI is InChI=1S/C13H23N5/c1-3-14-12-8-13(16-10-15-12)17-11-6-5-7-18(4-2)9-11/h8,10-11H,3-7,9H2,1-2H3,(H2,14,15,16,17). The maximum Gasteiger partial charge on any atom is 0.131 e. The summed E-state index contributed by atoms with van der Waals surface area (Å²) in [6, 6.07) is 2.48. The summed E-state index contributed by atoms with van der Waals surface area (Å²) < 4.78 is 0. The van der Waals surface area contributed by atoms with Gasteiger partial charge in [0, 0.05) is 25.2 Å². The van der Waals surface area contributed by atoms with E-state index < -0.39 is 0 Å². The zero-order chi connectivity index (χ0) is 12.8. The van der Waals surface area contributed by atoms with Gasteiger partial charge in [-0.1, -0.05) is 6.92 Å². The lowest BCUT2D eigenvalue weighted by Crippen LogP contribution is -2.41. The monoisotopic (exact) mass is 249 g/mol. The van der Waals surface area contributed by atoms with Crippen molar-refractivity contribution < 1.29 is 0 Å². The quantitative estimate of drug-likeness (QED) is 0.833. The fourth-order valence-corrected chi connectivity index (χ4v) is 2.38. The molecule has 5 heteroatoms. The van der Waals surface area contributed by atoms with Gasteiger partial charge >= 0.3 is 0 Å². The Kier molecular flexibility index (Phi) is 4.75. The predicted molar refractivity (Wildman–Crippen MR) is 75.0 cm³/mol. The van der Waals surface area contributed by atoms with Crippen LogP contribution in [-0.4, -0.2) is 47.1 Å². The van der Waals surface area contributed by atoms with E-state index >= 15 is 0 Å². The van der Waals surface area contributed by atoms with Gasteiger partial charge in [-0.05, 0) is 32.9 Å². The third-order valence-corrected chi connectivity index (χ3v) is 3.33. The Labute approximate surface area is 109 Å². The first kappa shape index (κ1) is 13.1. The minimum absolute atomic E-state index is 0.503. The van der Waals surface area contributed by atoms with Crippen LogP contribution in [-0.2, 0) is 0 Å². The van der Waals surface area contributed by atoms with Crippen molar-refractivity contribution in [3.8, 4) is 0 Å². The average Bonchev–Trinajstić information content (AvgIpc) is 2.40. The third-order valence-electron chi connectivity index (χ3n) is 3.33. The zero-order valence-electron chi connectivity index (χ0n) is 11.3. The van der Waals surface area contributed by atoms with E-state index in [0.29, 0.717) is 6.04 Å². The molecule has 0 spiro atoms. The molecule has 2 N–H and O–H groups in total. The van der Waals surface area contributed by atoms with Crippen molar-refractivity contribution >= 4 is 11.6 Å². The molecule has 1 aliphatic rings. The van der Waals surface area contributed by atoms with Crippen LogP contribution in [0.3, 0.4) is 0 Å². The summed E-state index contributed by atoms with van der Waals surface area (Å²) in [7, 11) is 0. The Morgan fingerprint density at radius 2 is 2.17 bits per heavy atom. The number of anilines is 2. The Balaban J connectivity index is 1.93. The molecule has 0 aromatic carbocycles. The Morgan fingerprint density at radius 3 is 2.94 bits per heavy atom. The van der Waals surface area contributed by atoms with Gasteiger partial charge in [0.2, 0.25) is 0 Å². The van der Waals surface area contributed by atoms with Gasteiger partial charge in [-0.2, -0.15) is 0 Å². The van der Waals surface area contributed by atoms with Gasteiger partial charge in [0.05, 0.1) is 0 Å². The predicted octanol–water partition coefficient (Wildman–Crippen LogP) is 1.80. The van der Waals surface area contributed by atoms with Crippen molar-refractivity contribution in [3.63, 3.8) is 0 Å². The second kappa shape index (κ2) is 6.54. The third kappa shape index (κ3) is 3.57. The van der Waals surface area contributed by atoms with E-state index in [4.69, 9.17) is 0 Å². The minimum atomic E-state index is 0.503. The summed E-state index contributed by atoms with van der Waals surface area (Å²) in [5, 5.41) is 6.71. The van der Waals surface area contributed by atoms with Crippen LogP contribution in [0.1, 0.15) is 26.7 Å². The van der Waals surface area contributed by atoms with E-state index in [1.54, 1.807) is 6.33 Å². The van der Waals surface area contributed by atoms with Crippen molar-refractivity contribution in [3.05, 3.63) is 12.4 Å². The number of hydrogen-bond donors (Lipinski definition) is 2. The van der Waals surface area contributed by atoms with Gasteiger partial charge in [-0.25, -0.2) is 9.97 Å². The Bertz CT molecular complexity index is 368. The lowest BCUT2D eigenvalue weighted by Gasteiger charge is -2.32. The number of likely N-dealkylation sites (tertiary alicyclic amines) is 1. The molecule has 1 aromatic heterocycles. The van der Waals surface area contributed by atoms with Gasteiger partial charge in [0.25, 0.3) is 0 Å². The molecule has 0 amide bonds. The number of hydrogen-bond acceptors (Lipinski definition) is 5. The molecule has 1 fully saturated rings.